The molecule has 0 aliphatic heterocycles. The van der Waals surface area contributed by atoms with Crippen LogP contribution >= 0.6 is 0 Å². The Labute approximate surface area is 203 Å². The maximum Gasteiger partial charge on any atom is 0.270 e. The summed E-state index contributed by atoms with van der Waals surface area (Å²) in [4.78, 5) is 34.3. The molecule has 0 bridgehead atoms. The van der Waals surface area contributed by atoms with Crippen molar-refractivity contribution < 1.29 is 14.3 Å². The van der Waals surface area contributed by atoms with Crippen molar-refractivity contribution in [2.24, 2.45) is 5.92 Å². The van der Waals surface area contributed by atoms with Gasteiger partial charge in [0.15, 0.2) is 0 Å². The van der Waals surface area contributed by atoms with Gasteiger partial charge in [0, 0.05) is 19.5 Å². The minimum atomic E-state index is -0.317. The number of hydrogen-bond donors (Lipinski definition) is 2. The third-order valence-electron chi connectivity index (χ3n) is 6.02. The van der Waals surface area contributed by atoms with Gasteiger partial charge in [0.1, 0.15) is 23.0 Å². The molecule has 1 aliphatic carbocycles. The van der Waals surface area contributed by atoms with Crippen molar-refractivity contribution in [3.8, 4) is 17.3 Å². The van der Waals surface area contributed by atoms with E-state index in [1.807, 2.05) is 24.3 Å². The summed E-state index contributed by atoms with van der Waals surface area (Å²) in [7, 11) is 1.60. The van der Waals surface area contributed by atoms with E-state index in [2.05, 4.69) is 36.0 Å². The number of aryl methyl sites for hydroxylation is 1. The molecule has 11 nitrogen and oxygen atoms in total. The normalized spacial score (nSPS) is 17.6. The fourth-order valence-electron chi connectivity index (χ4n) is 4.28. The summed E-state index contributed by atoms with van der Waals surface area (Å²) in [5, 5.41) is 18.7. The number of carbonyl (C=O) groups excluding carboxylic acids is 2. The highest BCUT2D eigenvalue weighted by molar-refractivity contribution is 5.93. The Bertz CT molecular complexity index is 1190. The van der Waals surface area contributed by atoms with Crippen LogP contribution in [0.4, 0.5) is 0 Å². The lowest BCUT2D eigenvalue weighted by Gasteiger charge is -2.28. The second-order valence-electron chi connectivity index (χ2n) is 8.81. The van der Waals surface area contributed by atoms with Crippen LogP contribution in [0.2, 0.25) is 0 Å². The zero-order valence-electron chi connectivity index (χ0n) is 20.2. The molecule has 0 spiro atoms. The van der Waals surface area contributed by atoms with Crippen molar-refractivity contribution >= 4 is 11.8 Å². The van der Waals surface area contributed by atoms with Crippen LogP contribution < -0.4 is 15.4 Å². The van der Waals surface area contributed by atoms with Crippen LogP contribution in [-0.2, 0) is 17.9 Å². The van der Waals surface area contributed by atoms with Crippen molar-refractivity contribution in [3.63, 3.8) is 0 Å². The molecular formula is C24H30N8O3. The molecule has 35 heavy (non-hydrogen) atoms. The maximum atomic E-state index is 12.7. The molecule has 2 heterocycles. The first-order chi connectivity index (χ1) is 16.9. The fraction of sp³-hybridized carbons (Fsp3) is 0.458. The molecule has 11 heteroatoms. The minimum Gasteiger partial charge on any atom is -0.497 e. The van der Waals surface area contributed by atoms with Crippen LogP contribution in [0.3, 0.4) is 0 Å². The van der Waals surface area contributed by atoms with Crippen LogP contribution in [-0.4, -0.2) is 55.1 Å². The van der Waals surface area contributed by atoms with E-state index in [-0.39, 0.29) is 23.6 Å². The third-order valence-corrected chi connectivity index (χ3v) is 6.02. The smallest absolute Gasteiger partial charge is 0.270 e. The van der Waals surface area contributed by atoms with Crippen molar-refractivity contribution in [2.75, 3.05) is 7.11 Å². The highest BCUT2D eigenvalue weighted by atomic mass is 16.5. The predicted octanol–water partition coefficient (Wildman–Crippen LogP) is 2.07. The average molecular weight is 479 g/mol. The lowest BCUT2D eigenvalue weighted by molar-refractivity contribution is -0.119. The first kappa shape index (κ1) is 24.2. The summed E-state index contributed by atoms with van der Waals surface area (Å²) < 4.78 is 5.22. The topological polar surface area (TPSA) is 137 Å². The molecule has 184 valence electrons. The molecule has 0 unspecified atom stereocenters. The molecule has 1 aliphatic rings. The number of ether oxygens (including phenoxy) is 1. The van der Waals surface area contributed by atoms with Gasteiger partial charge in [-0.1, -0.05) is 12.1 Å². The van der Waals surface area contributed by atoms with Gasteiger partial charge in [0.05, 0.1) is 13.7 Å². The monoisotopic (exact) mass is 478 g/mol. The Hall–Kier alpha value is -3.89. The fourth-order valence-corrected chi connectivity index (χ4v) is 4.28. The molecule has 2 N–H and O–H groups in total. The number of amides is 2. The number of carbonyl (C=O) groups is 2. The molecular weight excluding hydrogens is 448 g/mol. The summed E-state index contributed by atoms with van der Waals surface area (Å²) in [5.41, 5.74) is 1.60. The van der Waals surface area contributed by atoms with Gasteiger partial charge >= 0.3 is 0 Å². The minimum absolute atomic E-state index is 0.0181. The van der Waals surface area contributed by atoms with Gasteiger partial charge in [-0.3, -0.25) is 9.59 Å². The largest absolute Gasteiger partial charge is 0.497 e. The zero-order chi connectivity index (χ0) is 24.8. The van der Waals surface area contributed by atoms with Crippen molar-refractivity contribution in [2.45, 2.75) is 58.7 Å². The van der Waals surface area contributed by atoms with Gasteiger partial charge < -0.3 is 15.4 Å². The number of nitrogens with one attached hydrogen (secondary N) is 2. The molecule has 2 amide bonds. The van der Waals surface area contributed by atoms with Crippen molar-refractivity contribution in [1.82, 2.24) is 40.8 Å². The van der Waals surface area contributed by atoms with Gasteiger partial charge in [0.25, 0.3) is 5.91 Å². The number of tetrazole rings is 1. The van der Waals surface area contributed by atoms with E-state index in [1.54, 1.807) is 31.8 Å². The highest BCUT2D eigenvalue weighted by Crippen LogP contribution is 2.25. The van der Waals surface area contributed by atoms with Gasteiger partial charge in [0.2, 0.25) is 11.7 Å². The van der Waals surface area contributed by atoms with E-state index >= 15 is 0 Å². The summed E-state index contributed by atoms with van der Waals surface area (Å²) in [6.07, 6.45) is 3.88. The quantitative estimate of drug-likeness (QED) is 0.502. The molecule has 1 saturated carbocycles. The first-order valence-electron chi connectivity index (χ1n) is 11.7. The zero-order valence-corrected chi connectivity index (χ0v) is 20.2. The average Bonchev–Trinajstić information content (AvgIpc) is 3.32. The van der Waals surface area contributed by atoms with E-state index in [0.717, 1.165) is 37.0 Å². The van der Waals surface area contributed by atoms with Gasteiger partial charge in [-0.25, -0.2) is 9.97 Å². The molecule has 3 aromatic rings. The van der Waals surface area contributed by atoms with Crippen LogP contribution in [0.25, 0.3) is 11.5 Å². The van der Waals surface area contributed by atoms with Gasteiger partial charge in [-0.05, 0) is 67.5 Å². The number of aromatic nitrogens is 6. The number of hydrogen-bond acceptors (Lipinski definition) is 8. The maximum absolute atomic E-state index is 12.7. The number of methoxy groups -OCH3 is 1. The SMILES string of the molecule is COc1cccc(CNC(=O)c2cc(-c3nnn(CC4CCC(NC(C)=O)CC4)n3)nc(C)n2)c1. The first-order valence-corrected chi connectivity index (χ1v) is 11.7. The van der Waals surface area contributed by atoms with E-state index in [9.17, 15) is 9.59 Å². The Morgan fingerprint density at radius 2 is 1.94 bits per heavy atom. The lowest BCUT2D eigenvalue weighted by atomic mass is 9.86. The van der Waals surface area contributed by atoms with Crippen LogP contribution in [0.15, 0.2) is 30.3 Å². The van der Waals surface area contributed by atoms with Crippen LogP contribution in [0, 0.1) is 12.8 Å². The number of rotatable bonds is 8. The van der Waals surface area contributed by atoms with E-state index < -0.39 is 0 Å². The van der Waals surface area contributed by atoms with Gasteiger partial charge in [-0.15, -0.1) is 10.2 Å². The molecule has 1 aromatic carbocycles. The Kier molecular flexibility index (Phi) is 7.64. The summed E-state index contributed by atoms with van der Waals surface area (Å²) in [6, 6.07) is 9.33. The lowest BCUT2D eigenvalue weighted by Crippen LogP contribution is -2.36. The standard InChI is InChI=1S/C24H30N8O3/c1-15-26-21(12-22(27-15)24(34)25-13-18-5-4-6-20(11-18)35-3)23-29-31-32(30-23)14-17-7-9-19(10-8-17)28-16(2)33/h4-6,11-12,17,19H,7-10,13-14H2,1-3H3,(H,25,34)(H,28,33). The molecule has 0 saturated heterocycles. The van der Waals surface area contributed by atoms with Crippen LogP contribution in [0.1, 0.15) is 54.5 Å². The van der Waals surface area contributed by atoms with E-state index in [0.29, 0.717) is 36.4 Å². The Morgan fingerprint density at radius 3 is 2.69 bits per heavy atom. The van der Waals surface area contributed by atoms with E-state index in [4.69, 9.17) is 4.74 Å². The van der Waals surface area contributed by atoms with E-state index in [1.165, 1.54) is 0 Å². The van der Waals surface area contributed by atoms with Crippen LogP contribution in [0.5, 0.6) is 5.75 Å². The van der Waals surface area contributed by atoms with Crippen molar-refractivity contribution in [3.05, 3.63) is 47.4 Å². The molecule has 1 fully saturated rings. The molecule has 4 rings (SSSR count). The molecule has 2 aromatic heterocycles. The van der Waals surface area contributed by atoms with Crippen molar-refractivity contribution in [1.29, 1.82) is 0 Å². The predicted molar refractivity (Wildman–Crippen MR) is 127 cm³/mol. The highest BCUT2D eigenvalue weighted by Gasteiger charge is 2.23. The summed E-state index contributed by atoms with van der Waals surface area (Å²) >= 11 is 0. The Morgan fingerprint density at radius 1 is 1.14 bits per heavy atom. The summed E-state index contributed by atoms with van der Waals surface area (Å²) in [6.45, 7) is 4.27. The third kappa shape index (κ3) is 6.58. The second kappa shape index (κ2) is 11.0. The number of nitrogens with zero attached hydrogens (tertiary/aromatic N) is 6. The second-order valence-corrected chi connectivity index (χ2v) is 8.81. The van der Waals surface area contributed by atoms with Gasteiger partial charge in [-0.2, -0.15) is 4.80 Å². The summed E-state index contributed by atoms with van der Waals surface area (Å²) in [5.74, 6) is 1.65. The Balaban J connectivity index is 1.38. The molecule has 0 radical (unpaired) electrons. The number of benzene rings is 1. The molecule has 0 atom stereocenters.